The van der Waals surface area contributed by atoms with Crippen LogP contribution in [0.3, 0.4) is 0 Å². The highest BCUT2D eigenvalue weighted by Gasteiger charge is 2.31. The van der Waals surface area contributed by atoms with Crippen LogP contribution in [0.15, 0.2) is 82.5 Å². The van der Waals surface area contributed by atoms with E-state index in [1.165, 1.54) is 38.3 Å². The number of anilines is 1. The summed E-state index contributed by atoms with van der Waals surface area (Å²) in [6.07, 6.45) is 0.427. The van der Waals surface area contributed by atoms with Crippen molar-refractivity contribution in [3.63, 3.8) is 0 Å². The summed E-state index contributed by atoms with van der Waals surface area (Å²) in [5.74, 6) is -2.79. The van der Waals surface area contributed by atoms with Gasteiger partial charge in [0.1, 0.15) is 12.3 Å². The maximum Gasteiger partial charge on any atom is 0.389 e. The standard InChI is InChI=1S/C43H43F3N10O8/c1-53(18-4-20-63-19-3-5-25-6-11-32-34(21-25)54(2)42(62)56(32)33-12-13-35(57)51-39(33)60)41(61)26-7-9-29(10-8-26)55-23-30(36(52-55)37(47)58)49-38(59)31-24-64-40(50-31)27-15-17-48-28(22-27)14-16-43(44,45)46/h6-11,15,17,21-24,33H,3-5,12-14,16,18-20H2,1-2H3,(H2,47,58)(H,49,59)(H,51,57,60). The van der Waals surface area contributed by atoms with Gasteiger partial charge >= 0.3 is 11.9 Å². The first-order valence-corrected chi connectivity index (χ1v) is 20.2. The van der Waals surface area contributed by atoms with Crippen LogP contribution >= 0.6 is 0 Å². The molecular formula is C43H43F3N10O8. The second-order valence-electron chi connectivity index (χ2n) is 15.2. The van der Waals surface area contributed by atoms with Crippen molar-refractivity contribution in [3.8, 4) is 17.1 Å². The van der Waals surface area contributed by atoms with Gasteiger partial charge in [-0.25, -0.2) is 14.5 Å². The number of rotatable bonds is 17. The van der Waals surface area contributed by atoms with Gasteiger partial charge in [-0.1, -0.05) is 6.07 Å². The normalized spacial score (nSPS) is 14.2. The molecule has 0 radical (unpaired) electrons. The fourth-order valence-electron chi connectivity index (χ4n) is 7.25. The van der Waals surface area contributed by atoms with E-state index in [0.717, 1.165) is 18.2 Å². The van der Waals surface area contributed by atoms with Crippen molar-refractivity contribution < 1.29 is 46.3 Å². The number of hydrogen-bond donors (Lipinski definition) is 3. The number of carbonyl (C=O) groups excluding carboxylic acids is 5. The zero-order chi connectivity index (χ0) is 45.7. The Kier molecular flexibility index (Phi) is 13.2. The third kappa shape index (κ3) is 10.3. The summed E-state index contributed by atoms with van der Waals surface area (Å²) in [6.45, 7) is 1.34. The van der Waals surface area contributed by atoms with Crippen LogP contribution in [0.2, 0.25) is 0 Å². The van der Waals surface area contributed by atoms with Crippen molar-refractivity contribution >= 4 is 46.3 Å². The van der Waals surface area contributed by atoms with Crippen LogP contribution in [0.5, 0.6) is 0 Å². The van der Waals surface area contributed by atoms with Gasteiger partial charge in [0.25, 0.3) is 17.7 Å². The number of nitrogens with two attached hydrogens (primary N) is 1. The molecule has 4 aromatic heterocycles. The minimum absolute atomic E-state index is 0.0292. The number of benzene rings is 2. The number of primary amides is 1. The van der Waals surface area contributed by atoms with E-state index in [2.05, 4.69) is 25.7 Å². The molecule has 334 valence electrons. The Bertz CT molecular complexity index is 2790. The predicted octanol–water partition coefficient (Wildman–Crippen LogP) is 4.51. The molecule has 6 aromatic rings. The predicted molar refractivity (Wildman–Crippen MR) is 223 cm³/mol. The van der Waals surface area contributed by atoms with E-state index >= 15 is 0 Å². The van der Waals surface area contributed by atoms with Crippen LogP contribution < -0.4 is 22.1 Å². The fraction of sp³-hybridized carbons (Fsp3) is 0.326. The van der Waals surface area contributed by atoms with Crippen molar-refractivity contribution in [2.45, 2.75) is 57.2 Å². The molecular weight excluding hydrogens is 842 g/mol. The molecule has 0 aliphatic carbocycles. The van der Waals surface area contributed by atoms with Crippen LogP contribution in [0.4, 0.5) is 18.9 Å². The molecule has 0 saturated carbocycles. The maximum absolute atomic E-state index is 13.2. The summed E-state index contributed by atoms with van der Waals surface area (Å²) < 4.78 is 53.6. The lowest BCUT2D eigenvalue weighted by Gasteiger charge is -2.21. The van der Waals surface area contributed by atoms with Gasteiger partial charge in [0.15, 0.2) is 11.4 Å². The maximum atomic E-state index is 13.2. The summed E-state index contributed by atoms with van der Waals surface area (Å²) in [7, 11) is 3.33. The van der Waals surface area contributed by atoms with Gasteiger partial charge in [-0.05, 0) is 86.2 Å². The first-order valence-electron chi connectivity index (χ1n) is 20.2. The van der Waals surface area contributed by atoms with E-state index in [0.29, 0.717) is 60.4 Å². The molecule has 5 amide bonds. The van der Waals surface area contributed by atoms with E-state index in [1.54, 1.807) is 43.3 Å². The molecule has 1 unspecified atom stereocenters. The number of aryl methyl sites for hydroxylation is 3. The topological polar surface area (TPSA) is 232 Å². The van der Waals surface area contributed by atoms with Crippen molar-refractivity contribution in [2.24, 2.45) is 12.8 Å². The highest BCUT2D eigenvalue weighted by molar-refractivity contribution is 6.07. The molecule has 1 aliphatic heterocycles. The van der Waals surface area contributed by atoms with Crippen LogP contribution in [0.1, 0.15) is 80.7 Å². The van der Waals surface area contributed by atoms with Crippen molar-refractivity contribution in [1.82, 2.24) is 39.1 Å². The van der Waals surface area contributed by atoms with Gasteiger partial charge < -0.3 is 25.1 Å². The van der Waals surface area contributed by atoms with Crippen molar-refractivity contribution in [2.75, 3.05) is 32.1 Å². The summed E-state index contributed by atoms with van der Waals surface area (Å²) in [5, 5.41) is 9.07. The van der Waals surface area contributed by atoms with Crippen LogP contribution in [0, 0.1) is 0 Å². The third-order valence-corrected chi connectivity index (χ3v) is 10.6. The van der Waals surface area contributed by atoms with Crippen LogP contribution in [0.25, 0.3) is 28.2 Å². The molecule has 0 bridgehead atoms. The van der Waals surface area contributed by atoms with E-state index < -0.39 is 36.4 Å². The lowest BCUT2D eigenvalue weighted by Crippen LogP contribution is -2.44. The second-order valence-corrected chi connectivity index (χ2v) is 15.2. The molecule has 7 rings (SSSR count). The lowest BCUT2D eigenvalue weighted by atomic mass is 10.1. The summed E-state index contributed by atoms with van der Waals surface area (Å²) in [5.41, 5.74) is 8.41. The Morgan fingerprint density at radius 2 is 1.78 bits per heavy atom. The number of ether oxygens (including phenoxy) is 1. The number of hydrogen-bond acceptors (Lipinski definition) is 11. The van der Waals surface area contributed by atoms with Gasteiger partial charge in [-0.3, -0.25) is 43.4 Å². The molecule has 0 spiro atoms. The molecule has 4 N–H and O–H groups in total. The first kappa shape index (κ1) is 44.6. The van der Waals surface area contributed by atoms with Crippen molar-refractivity contribution in [1.29, 1.82) is 0 Å². The zero-order valence-electron chi connectivity index (χ0n) is 34.7. The minimum Gasteiger partial charge on any atom is -0.444 e. The number of imidazole rings is 1. The molecule has 1 aliphatic rings. The molecule has 18 nitrogen and oxygen atoms in total. The molecule has 1 saturated heterocycles. The number of imide groups is 1. The molecule has 2 aromatic carbocycles. The average molecular weight is 885 g/mol. The van der Waals surface area contributed by atoms with E-state index in [1.807, 2.05) is 18.2 Å². The largest absolute Gasteiger partial charge is 0.444 e. The number of pyridine rings is 1. The third-order valence-electron chi connectivity index (χ3n) is 10.6. The number of aromatic nitrogens is 6. The van der Waals surface area contributed by atoms with E-state index in [9.17, 15) is 41.9 Å². The number of piperidine rings is 1. The monoisotopic (exact) mass is 884 g/mol. The lowest BCUT2D eigenvalue weighted by molar-refractivity contribution is -0.136. The SMILES string of the molecule is CN(CCCOCCCc1ccc2c(c1)n(C)c(=O)n2C1CCC(=O)NC1=O)C(=O)c1ccc(-n2cc(NC(=O)c3coc(-c4ccnc(CCC(F)(F)F)c4)n3)c(C(N)=O)n2)cc1. The summed E-state index contributed by atoms with van der Waals surface area (Å²) in [6, 6.07) is 14.2. The Labute approximate surface area is 362 Å². The summed E-state index contributed by atoms with van der Waals surface area (Å²) >= 11 is 0. The Balaban J connectivity index is 0.871. The summed E-state index contributed by atoms with van der Waals surface area (Å²) in [4.78, 5) is 85.4. The smallest absolute Gasteiger partial charge is 0.389 e. The molecule has 21 heteroatoms. The van der Waals surface area contributed by atoms with Gasteiger partial charge in [0.2, 0.25) is 17.7 Å². The average Bonchev–Trinajstić information content (AvgIpc) is 4.00. The van der Waals surface area contributed by atoms with E-state index in [4.69, 9.17) is 14.9 Å². The van der Waals surface area contributed by atoms with Gasteiger partial charge in [-0.15, -0.1) is 0 Å². The Morgan fingerprint density at radius 3 is 2.52 bits per heavy atom. The number of oxazole rings is 1. The Morgan fingerprint density at radius 1 is 1.02 bits per heavy atom. The highest BCUT2D eigenvalue weighted by Crippen LogP contribution is 2.26. The highest BCUT2D eigenvalue weighted by atomic mass is 19.4. The first-order chi connectivity index (χ1) is 30.6. The van der Waals surface area contributed by atoms with Crippen LogP contribution in [-0.4, -0.2) is 96.3 Å². The number of amides is 5. The van der Waals surface area contributed by atoms with Crippen molar-refractivity contribution in [3.05, 3.63) is 112 Å². The molecule has 5 heterocycles. The van der Waals surface area contributed by atoms with Gasteiger partial charge in [0.05, 0.1) is 28.6 Å². The molecule has 64 heavy (non-hydrogen) atoms. The number of alkyl halides is 3. The van der Waals surface area contributed by atoms with Gasteiger partial charge in [-0.2, -0.15) is 18.3 Å². The Hall–Kier alpha value is -7.42. The van der Waals surface area contributed by atoms with Crippen LogP contribution in [-0.2, 0) is 34.2 Å². The number of halogens is 3. The second kappa shape index (κ2) is 18.9. The van der Waals surface area contributed by atoms with Gasteiger partial charge in [0, 0.05) is 69.7 Å². The molecule has 1 atom stereocenters. The molecule has 1 fully saturated rings. The number of fused-ring (bicyclic) bond motifs is 1. The number of nitrogens with one attached hydrogen (secondary N) is 2. The quantitative estimate of drug-likeness (QED) is 0.0852. The number of carbonyl (C=O) groups is 5. The zero-order valence-corrected chi connectivity index (χ0v) is 34.7. The fourth-order valence-corrected chi connectivity index (χ4v) is 7.25. The number of nitrogens with zero attached hydrogens (tertiary/aromatic N) is 7. The van der Waals surface area contributed by atoms with E-state index in [-0.39, 0.29) is 65.4 Å². The minimum atomic E-state index is -4.35.